The van der Waals surface area contributed by atoms with Gasteiger partial charge in [-0.3, -0.25) is 4.79 Å². The highest BCUT2D eigenvalue weighted by molar-refractivity contribution is 5.74. The molecule has 0 amide bonds. The van der Waals surface area contributed by atoms with Crippen LogP contribution in [0, 0.1) is 41.4 Å². The zero-order valence-corrected chi connectivity index (χ0v) is 13.4. The van der Waals surface area contributed by atoms with Gasteiger partial charge in [0.05, 0.1) is 5.92 Å². The Morgan fingerprint density at radius 2 is 1.95 bits per heavy atom. The van der Waals surface area contributed by atoms with E-state index in [1.54, 1.807) is 0 Å². The first kappa shape index (κ1) is 13.4. The first-order valence-corrected chi connectivity index (χ1v) is 9.23. The number of ether oxygens (including phenoxy) is 1. The minimum Gasteiger partial charge on any atom is -0.455 e. The van der Waals surface area contributed by atoms with E-state index in [0.29, 0.717) is 5.92 Å². The molecule has 22 heavy (non-hydrogen) atoms. The summed E-state index contributed by atoms with van der Waals surface area (Å²) in [5.41, 5.74) is -0.342. The summed E-state index contributed by atoms with van der Waals surface area (Å²) in [6, 6.07) is 0. The van der Waals surface area contributed by atoms with E-state index in [2.05, 4.69) is 31.2 Å². The fourth-order valence-electron chi connectivity index (χ4n) is 6.66. The molecule has 118 valence electrons. The van der Waals surface area contributed by atoms with Crippen molar-refractivity contribution in [1.82, 2.24) is 0 Å². The third-order valence-electron chi connectivity index (χ3n) is 7.42. The van der Waals surface area contributed by atoms with Crippen LogP contribution < -0.4 is 0 Å². The molecule has 0 aromatic carbocycles. The van der Waals surface area contributed by atoms with Crippen molar-refractivity contribution in [3.8, 4) is 0 Å². The molecule has 2 nitrogen and oxygen atoms in total. The lowest BCUT2D eigenvalue weighted by molar-refractivity contribution is -0.163. The van der Waals surface area contributed by atoms with Crippen LogP contribution in [0.1, 0.15) is 45.4 Å². The molecule has 0 N–H and O–H groups in total. The number of allylic oxidation sites excluding steroid dienone is 3. The second-order valence-electron chi connectivity index (χ2n) is 8.63. The van der Waals surface area contributed by atoms with Gasteiger partial charge in [0.15, 0.2) is 0 Å². The molecule has 2 heteroatoms. The predicted molar refractivity (Wildman–Crippen MR) is 84.9 cm³/mol. The Labute approximate surface area is 133 Å². The maximum absolute atomic E-state index is 12.8. The van der Waals surface area contributed by atoms with Gasteiger partial charge in [0.1, 0.15) is 5.60 Å². The maximum atomic E-state index is 12.8. The minimum atomic E-state index is -0.342. The van der Waals surface area contributed by atoms with Gasteiger partial charge in [-0.2, -0.15) is 0 Å². The summed E-state index contributed by atoms with van der Waals surface area (Å²) >= 11 is 0. The summed E-state index contributed by atoms with van der Waals surface area (Å²) in [5.74, 6) is 4.99. The molecule has 4 bridgehead atoms. The van der Waals surface area contributed by atoms with Crippen molar-refractivity contribution in [3.05, 3.63) is 24.3 Å². The molecule has 8 atom stereocenters. The number of fused-ring (bicyclic) bond motifs is 9. The molecule has 3 fully saturated rings. The van der Waals surface area contributed by atoms with Gasteiger partial charge >= 0.3 is 5.97 Å². The third kappa shape index (κ3) is 1.76. The van der Waals surface area contributed by atoms with Crippen molar-refractivity contribution in [3.63, 3.8) is 0 Å². The number of hydrogen-bond acceptors (Lipinski definition) is 2. The SMILES string of the molecule is CC1(OC(=O)C2CC3CC2C2C4C=CC(C4)C32)C=CCCC1. The van der Waals surface area contributed by atoms with Crippen LogP contribution in [0.3, 0.4) is 0 Å². The highest BCUT2D eigenvalue weighted by Gasteiger charge is 2.62. The Hall–Kier alpha value is -1.05. The van der Waals surface area contributed by atoms with E-state index in [9.17, 15) is 4.79 Å². The predicted octanol–water partition coefficient (Wildman–Crippen LogP) is 4.12. The molecule has 5 rings (SSSR count). The largest absolute Gasteiger partial charge is 0.455 e. The average Bonchev–Trinajstić information content (AvgIpc) is 3.25. The summed E-state index contributed by atoms with van der Waals surface area (Å²) in [4.78, 5) is 12.8. The Bertz CT molecular complexity index is 562. The van der Waals surface area contributed by atoms with Crippen LogP contribution in [-0.4, -0.2) is 11.6 Å². The molecule has 0 aliphatic heterocycles. The summed E-state index contributed by atoms with van der Waals surface area (Å²) in [6.45, 7) is 2.08. The van der Waals surface area contributed by atoms with Crippen LogP contribution in [0.5, 0.6) is 0 Å². The summed E-state index contributed by atoms with van der Waals surface area (Å²) in [5, 5.41) is 0. The number of rotatable bonds is 2. The van der Waals surface area contributed by atoms with E-state index in [1.165, 1.54) is 12.8 Å². The molecule has 5 aliphatic carbocycles. The molecular formula is C20H26O2. The van der Waals surface area contributed by atoms with Gasteiger partial charge < -0.3 is 4.74 Å². The molecule has 0 saturated heterocycles. The van der Waals surface area contributed by atoms with E-state index < -0.39 is 0 Å². The van der Waals surface area contributed by atoms with Gasteiger partial charge in [-0.05, 0) is 87.0 Å². The lowest BCUT2D eigenvalue weighted by atomic mass is 9.69. The smallest absolute Gasteiger partial charge is 0.310 e. The average molecular weight is 298 g/mol. The van der Waals surface area contributed by atoms with Crippen LogP contribution in [0.4, 0.5) is 0 Å². The fraction of sp³-hybridized carbons (Fsp3) is 0.750. The van der Waals surface area contributed by atoms with Crippen LogP contribution in [-0.2, 0) is 9.53 Å². The van der Waals surface area contributed by atoms with Crippen LogP contribution >= 0.6 is 0 Å². The highest BCUT2D eigenvalue weighted by atomic mass is 16.6. The van der Waals surface area contributed by atoms with E-state index in [0.717, 1.165) is 55.3 Å². The van der Waals surface area contributed by atoms with Crippen LogP contribution in [0.25, 0.3) is 0 Å². The minimum absolute atomic E-state index is 0.103. The second-order valence-corrected chi connectivity index (χ2v) is 8.63. The first-order valence-electron chi connectivity index (χ1n) is 9.23. The van der Waals surface area contributed by atoms with E-state index in [4.69, 9.17) is 4.74 Å². The summed E-state index contributed by atoms with van der Waals surface area (Å²) < 4.78 is 6.00. The number of carbonyl (C=O) groups excluding carboxylic acids is 1. The Morgan fingerprint density at radius 1 is 1.14 bits per heavy atom. The van der Waals surface area contributed by atoms with Gasteiger partial charge in [0.2, 0.25) is 0 Å². The van der Waals surface area contributed by atoms with Crippen molar-refractivity contribution >= 4 is 5.97 Å². The zero-order valence-electron chi connectivity index (χ0n) is 13.4. The lowest BCUT2D eigenvalue weighted by Gasteiger charge is -2.37. The van der Waals surface area contributed by atoms with Gasteiger partial charge in [-0.15, -0.1) is 0 Å². The van der Waals surface area contributed by atoms with E-state index in [1.807, 2.05) is 0 Å². The number of carbonyl (C=O) groups is 1. The second kappa shape index (κ2) is 4.49. The highest BCUT2D eigenvalue weighted by Crippen LogP contribution is 2.67. The fourth-order valence-corrected chi connectivity index (χ4v) is 6.66. The van der Waals surface area contributed by atoms with Crippen LogP contribution in [0.15, 0.2) is 24.3 Å². The van der Waals surface area contributed by atoms with E-state index in [-0.39, 0.29) is 17.5 Å². The summed E-state index contributed by atoms with van der Waals surface area (Å²) in [6.07, 6.45) is 16.2. The molecule has 5 aliphatic rings. The monoisotopic (exact) mass is 298 g/mol. The van der Waals surface area contributed by atoms with E-state index >= 15 is 0 Å². The van der Waals surface area contributed by atoms with Crippen molar-refractivity contribution in [1.29, 1.82) is 0 Å². The number of hydrogen-bond donors (Lipinski definition) is 0. The molecule has 0 spiro atoms. The molecule has 0 heterocycles. The lowest BCUT2D eigenvalue weighted by Crippen LogP contribution is -2.39. The first-order chi connectivity index (χ1) is 10.6. The molecule has 3 saturated carbocycles. The standard InChI is InChI=1S/C20H26O2/c1-20(7-3-2-4-8-20)22-19(21)16-11-14-10-15(16)18-13-6-5-12(9-13)17(14)18/h3,5-7,12-18H,2,4,8-11H2,1H3. The van der Waals surface area contributed by atoms with Crippen molar-refractivity contribution < 1.29 is 9.53 Å². The molecule has 8 unspecified atom stereocenters. The van der Waals surface area contributed by atoms with Crippen molar-refractivity contribution in [2.24, 2.45) is 41.4 Å². The Balaban J connectivity index is 1.33. The third-order valence-corrected chi connectivity index (χ3v) is 7.42. The number of esters is 1. The van der Waals surface area contributed by atoms with Crippen LogP contribution in [0.2, 0.25) is 0 Å². The topological polar surface area (TPSA) is 26.3 Å². The van der Waals surface area contributed by atoms with Gasteiger partial charge in [-0.1, -0.05) is 18.2 Å². The normalized spacial score (nSPS) is 54.0. The van der Waals surface area contributed by atoms with Crippen molar-refractivity contribution in [2.45, 2.75) is 51.0 Å². The zero-order chi connectivity index (χ0) is 14.9. The Morgan fingerprint density at radius 3 is 2.73 bits per heavy atom. The maximum Gasteiger partial charge on any atom is 0.310 e. The molecule has 0 aromatic rings. The molecule has 0 radical (unpaired) electrons. The van der Waals surface area contributed by atoms with Gasteiger partial charge in [-0.25, -0.2) is 0 Å². The molecular weight excluding hydrogens is 272 g/mol. The van der Waals surface area contributed by atoms with Crippen molar-refractivity contribution in [2.75, 3.05) is 0 Å². The quantitative estimate of drug-likeness (QED) is 0.435. The van der Waals surface area contributed by atoms with Gasteiger partial charge in [0, 0.05) is 0 Å². The Kier molecular flexibility index (Phi) is 2.73. The molecule has 0 aromatic heterocycles. The van der Waals surface area contributed by atoms with Gasteiger partial charge in [0.25, 0.3) is 0 Å². The summed E-state index contributed by atoms with van der Waals surface area (Å²) in [7, 11) is 0.